The highest BCUT2D eigenvalue weighted by atomic mass is 19.1. The van der Waals surface area contributed by atoms with Gasteiger partial charge in [-0.25, -0.2) is 4.39 Å². The first kappa shape index (κ1) is 14.7. The number of hydrogen-bond donors (Lipinski definition) is 2. The molecule has 0 bridgehead atoms. The number of primary amides is 1. The molecule has 1 aliphatic carbocycles. The van der Waals surface area contributed by atoms with Crippen LogP contribution in [0.15, 0.2) is 18.2 Å². The summed E-state index contributed by atoms with van der Waals surface area (Å²) in [6, 6.07) is 3.95. The molecule has 2 rings (SSSR count). The molecule has 20 heavy (non-hydrogen) atoms. The molecule has 1 saturated carbocycles. The molecule has 0 radical (unpaired) electrons. The van der Waals surface area contributed by atoms with Crippen LogP contribution in [0.2, 0.25) is 0 Å². The number of carbonyl (C=O) groups excluding carboxylic acids is 1. The fraction of sp³-hybridized carbons (Fsp3) is 0.500. The van der Waals surface area contributed by atoms with E-state index in [4.69, 9.17) is 15.2 Å². The van der Waals surface area contributed by atoms with Crippen LogP contribution in [0.3, 0.4) is 0 Å². The largest absolute Gasteiger partial charge is 0.377 e. The number of rotatable bonds is 6. The Labute approximate surface area is 117 Å². The zero-order valence-corrected chi connectivity index (χ0v) is 11.6. The summed E-state index contributed by atoms with van der Waals surface area (Å²) in [4.78, 5) is 11.1. The molecule has 0 saturated heterocycles. The third kappa shape index (κ3) is 2.91. The first-order valence-corrected chi connectivity index (χ1v) is 6.57. The van der Waals surface area contributed by atoms with Crippen LogP contribution >= 0.6 is 0 Å². The Morgan fingerprint density at radius 2 is 2.30 bits per heavy atom. The Kier molecular flexibility index (Phi) is 4.57. The monoisotopic (exact) mass is 282 g/mol. The number of nitrogens with one attached hydrogen (secondary N) is 1. The molecule has 1 fully saturated rings. The van der Waals surface area contributed by atoms with Crippen LogP contribution in [0.4, 0.5) is 10.1 Å². The van der Waals surface area contributed by atoms with Gasteiger partial charge in [0.25, 0.3) is 0 Å². The number of carbonyl (C=O) groups is 1. The lowest BCUT2D eigenvalue weighted by Gasteiger charge is -2.43. The Morgan fingerprint density at radius 3 is 2.90 bits per heavy atom. The number of benzene rings is 1. The number of anilines is 1. The Morgan fingerprint density at radius 1 is 1.55 bits per heavy atom. The maximum atomic E-state index is 13.7. The number of halogens is 1. The molecule has 1 aromatic rings. The van der Waals surface area contributed by atoms with Crippen molar-refractivity contribution in [3.05, 3.63) is 29.6 Å². The van der Waals surface area contributed by atoms with Gasteiger partial charge in [0.1, 0.15) is 11.9 Å². The number of ether oxygens (including phenoxy) is 2. The van der Waals surface area contributed by atoms with Crippen molar-refractivity contribution in [1.82, 2.24) is 0 Å². The van der Waals surface area contributed by atoms with E-state index in [-0.39, 0.29) is 29.5 Å². The molecular weight excluding hydrogens is 263 g/mol. The SMILES string of the molecule is CCOC1CC(Nc2cc(C(N)=O)ccc2F)C1OC. The fourth-order valence-corrected chi connectivity index (χ4v) is 2.40. The average molecular weight is 282 g/mol. The van der Waals surface area contributed by atoms with Crippen LogP contribution < -0.4 is 11.1 Å². The van der Waals surface area contributed by atoms with Crippen LogP contribution in [0, 0.1) is 5.82 Å². The van der Waals surface area contributed by atoms with Gasteiger partial charge in [0.2, 0.25) is 5.91 Å². The van der Waals surface area contributed by atoms with Crippen molar-refractivity contribution in [2.24, 2.45) is 5.73 Å². The maximum absolute atomic E-state index is 13.7. The van der Waals surface area contributed by atoms with Crippen LogP contribution in [-0.4, -0.2) is 37.9 Å². The average Bonchev–Trinajstić information content (AvgIpc) is 2.39. The van der Waals surface area contributed by atoms with E-state index in [1.54, 1.807) is 7.11 Å². The van der Waals surface area contributed by atoms with Gasteiger partial charge >= 0.3 is 0 Å². The number of amides is 1. The zero-order chi connectivity index (χ0) is 14.7. The first-order chi connectivity index (χ1) is 9.56. The summed E-state index contributed by atoms with van der Waals surface area (Å²) in [5.41, 5.74) is 5.71. The number of methoxy groups -OCH3 is 1. The third-order valence-electron chi connectivity index (χ3n) is 3.49. The summed E-state index contributed by atoms with van der Waals surface area (Å²) in [5, 5.41) is 3.04. The van der Waals surface area contributed by atoms with E-state index in [2.05, 4.69) is 5.32 Å². The smallest absolute Gasteiger partial charge is 0.248 e. The first-order valence-electron chi connectivity index (χ1n) is 6.57. The van der Waals surface area contributed by atoms with E-state index in [0.29, 0.717) is 6.61 Å². The maximum Gasteiger partial charge on any atom is 0.248 e. The van der Waals surface area contributed by atoms with Crippen molar-refractivity contribution < 1.29 is 18.7 Å². The number of nitrogens with two attached hydrogens (primary N) is 1. The van der Waals surface area contributed by atoms with E-state index in [1.807, 2.05) is 6.92 Å². The molecule has 6 heteroatoms. The second kappa shape index (κ2) is 6.19. The van der Waals surface area contributed by atoms with Gasteiger partial charge in [0, 0.05) is 19.3 Å². The van der Waals surface area contributed by atoms with Gasteiger partial charge in [-0.3, -0.25) is 4.79 Å². The van der Waals surface area contributed by atoms with Crippen molar-refractivity contribution in [2.75, 3.05) is 19.0 Å². The van der Waals surface area contributed by atoms with Crippen molar-refractivity contribution in [3.63, 3.8) is 0 Å². The highest BCUT2D eigenvalue weighted by molar-refractivity contribution is 5.93. The molecule has 5 nitrogen and oxygen atoms in total. The Hall–Kier alpha value is -1.66. The standard InChI is InChI=1S/C14H19FN2O3/c1-3-20-12-7-11(13(12)19-2)17-10-6-8(14(16)18)4-5-9(10)15/h4-6,11-13,17H,3,7H2,1-2H3,(H2,16,18). The molecule has 0 aliphatic heterocycles. The lowest BCUT2D eigenvalue weighted by molar-refractivity contribution is -0.118. The van der Waals surface area contributed by atoms with Crippen molar-refractivity contribution in [2.45, 2.75) is 31.6 Å². The molecule has 1 aromatic carbocycles. The Bertz CT molecular complexity index is 495. The molecule has 3 N–H and O–H groups in total. The highest BCUT2D eigenvalue weighted by Gasteiger charge is 2.42. The predicted octanol–water partition coefficient (Wildman–Crippen LogP) is 1.53. The van der Waals surface area contributed by atoms with Gasteiger partial charge in [-0.05, 0) is 31.5 Å². The summed E-state index contributed by atoms with van der Waals surface area (Å²) in [6.07, 6.45) is 0.614. The van der Waals surface area contributed by atoms with Gasteiger partial charge in [0.05, 0.1) is 17.8 Å². The third-order valence-corrected chi connectivity index (χ3v) is 3.49. The molecule has 1 amide bonds. The highest BCUT2D eigenvalue weighted by Crippen LogP contribution is 2.30. The molecule has 0 aromatic heterocycles. The minimum Gasteiger partial charge on any atom is -0.377 e. The summed E-state index contributed by atoms with van der Waals surface area (Å²) in [6.45, 7) is 2.53. The molecule has 0 spiro atoms. The normalized spacial score (nSPS) is 25.1. The molecule has 3 atom stereocenters. The lowest BCUT2D eigenvalue weighted by Crippen LogP contribution is -2.56. The molecule has 110 valence electrons. The van der Waals surface area contributed by atoms with E-state index >= 15 is 0 Å². The van der Waals surface area contributed by atoms with Crippen molar-refractivity contribution >= 4 is 11.6 Å². The van der Waals surface area contributed by atoms with E-state index < -0.39 is 11.7 Å². The predicted molar refractivity (Wildman–Crippen MR) is 73.2 cm³/mol. The quantitative estimate of drug-likeness (QED) is 0.830. The van der Waals surface area contributed by atoms with Gasteiger partial charge in [0.15, 0.2) is 0 Å². The Balaban J connectivity index is 2.07. The van der Waals surface area contributed by atoms with E-state index in [9.17, 15) is 9.18 Å². The van der Waals surface area contributed by atoms with Gasteiger partial charge in [-0.2, -0.15) is 0 Å². The summed E-state index contributed by atoms with van der Waals surface area (Å²) < 4.78 is 24.6. The number of hydrogen-bond acceptors (Lipinski definition) is 4. The van der Waals surface area contributed by atoms with E-state index in [0.717, 1.165) is 6.42 Å². The zero-order valence-electron chi connectivity index (χ0n) is 11.6. The summed E-state index contributed by atoms with van der Waals surface area (Å²) >= 11 is 0. The topological polar surface area (TPSA) is 73.6 Å². The summed E-state index contributed by atoms with van der Waals surface area (Å²) in [7, 11) is 1.60. The minimum atomic E-state index is -0.586. The minimum absolute atomic E-state index is 0.0184. The molecule has 3 unspecified atom stereocenters. The summed E-state index contributed by atoms with van der Waals surface area (Å²) in [5.74, 6) is -1.01. The van der Waals surface area contributed by atoms with Gasteiger partial charge < -0.3 is 20.5 Å². The second-order valence-corrected chi connectivity index (χ2v) is 4.74. The molecule has 1 aliphatic rings. The molecular formula is C14H19FN2O3. The van der Waals surface area contributed by atoms with Crippen LogP contribution in [-0.2, 0) is 9.47 Å². The second-order valence-electron chi connectivity index (χ2n) is 4.74. The van der Waals surface area contributed by atoms with Crippen LogP contribution in [0.25, 0.3) is 0 Å². The van der Waals surface area contributed by atoms with Gasteiger partial charge in [-0.1, -0.05) is 0 Å². The van der Waals surface area contributed by atoms with E-state index in [1.165, 1.54) is 18.2 Å². The van der Waals surface area contributed by atoms with Crippen LogP contribution in [0.1, 0.15) is 23.7 Å². The fourth-order valence-electron chi connectivity index (χ4n) is 2.40. The van der Waals surface area contributed by atoms with Crippen molar-refractivity contribution in [3.8, 4) is 0 Å². The molecule has 0 heterocycles. The lowest BCUT2D eigenvalue weighted by atomic mass is 9.85. The van der Waals surface area contributed by atoms with Crippen molar-refractivity contribution in [1.29, 1.82) is 0 Å². The van der Waals surface area contributed by atoms with Crippen LogP contribution in [0.5, 0.6) is 0 Å². The van der Waals surface area contributed by atoms with Gasteiger partial charge in [-0.15, -0.1) is 0 Å².